The van der Waals surface area contributed by atoms with E-state index < -0.39 is 0 Å². The van der Waals surface area contributed by atoms with Crippen LogP contribution < -0.4 is 0 Å². The first kappa shape index (κ1) is 13.0. The zero-order valence-corrected chi connectivity index (χ0v) is 11.6. The molecule has 0 aliphatic rings. The molecule has 0 aromatic carbocycles. The molecule has 0 N–H and O–H groups in total. The van der Waals surface area contributed by atoms with Crippen molar-refractivity contribution in [2.45, 2.75) is 32.6 Å². The van der Waals surface area contributed by atoms with Crippen molar-refractivity contribution in [1.82, 2.24) is 15.0 Å². The van der Waals surface area contributed by atoms with E-state index in [1.54, 1.807) is 6.20 Å². The molecule has 0 saturated heterocycles. The Hall–Kier alpha value is -1.48. The summed E-state index contributed by atoms with van der Waals surface area (Å²) in [4.78, 5) is 12.9. The van der Waals surface area contributed by atoms with Crippen LogP contribution in [0.15, 0.2) is 30.6 Å². The molecule has 0 unspecified atom stereocenters. The molecule has 94 valence electrons. The predicted octanol–water partition coefficient (Wildman–Crippen LogP) is 3.41. The lowest BCUT2D eigenvalue weighted by atomic mass is 9.92. The standard InChI is InChI=1S/C14H16ClN3/c1-14(2,3)11-8-12(15)18-13(17-11)7-10-5-4-6-16-9-10/h4-6,8-9H,7H2,1-3H3. The molecule has 0 bridgehead atoms. The number of pyridine rings is 1. The molecule has 4 heteroatoms. The molecule has 0 atom stereocenters. The van der Waals surface area contributed by atoms with Crippen LogP contribution in [0, 0.1) is 0 Å². The van der Waals surface area contributed by atoms with Crippen LogP contribution in [0.3, 0.4) is 0 Å². The first-order valence-electron chi connectivity index (χ1n) is 5.88. The van der Waals surface area contributed by atoms with Crippen molar-refractivity contribution >= 4 is 11.6 Å². The fraction of sp³-hybridized carbons (Fsp3) is 0.357. The van der Waals surface area contributed by atoms with Crippen molar-refractivity contribution in [2.75, 3.05) is 0 Å². The van der Waals surface area contributed by atoms with Crippen LogP contribution >= 0.6 is 11.6 Å². The quantitative estimate of drug-likeness (QED) is 0.778. The summed E-state index contributed by atoms with van der Waals surface area (Å²) >= 11 is 6.06. The van der Waals surface area contributed by atoms with Gasteiger partial charge >= 0.3 is 0 Å². The predicted molar refractivity (Wildman–Crippen MR) is 72.8 cm³/mol. The summed E-state index contributed by atoms with van der Waals surface area (Å²) in [7, 11) is 0. The van der Waals surface area contributed by atoms with Crippen molar-refractivity contribution in [2.24, 2.45) is 0 Å². The summed E-state index contributed by atoms with van der Waals surface area (Å²) < 4.78 is 0. The second-order valence-corrected chi connectivity index (χ2v) is 5.67. The summed E-state index contributed by atoms with van der Waals surface area (Å²) in [6.07, 6.45) is 4.22. The molecule has 2 heterocycles. The fourth-order valence-electron chi connectivity index (χ4n) is 1.61. The number of halogens is 1. The number of hydrogen-bond donors (Lipinski definition) is 0. The van der Waals surface area contributed by atoms with Crippen LogP contribution in [0.2, 0.25) is 5.15 Å². The van der Waals surface area contributed by atoms with Crippen molar-refractivity contribution in [3.8, 4) is 0 Å². The maximum atomic E-state index is 6.06. The van der Waals surface area contributed by atoms with Gasteiger partial charge in [-0.15, -0.1) is 0 Å². The van der Waals surface area contributed by atoms with E-state index in [9.17, 15) is 0 Å². The van der Waals surface area contributed by atoms with Crippen molar-refractivity contribution in [1.29, 1.82) is 0 Å². The maximum Gasteiger partial charge on any atom is 0.134 e. The van der Waals surface area contributed by atoms with E-state index in [0.717, 1.165) is 17.1 Å². The van der Waals surface area contributed by atoms with E-state index in [4.69, 9.17) is 11.6 Å². The third-order valence-electron chi connectivity index (χ3n) is 2.59. The molecule has 0 spiro atoms. The van der Waals surface area contributed by atoms with Gasteiger partial charge in [0.2, 0.25) is 0 Å². The minimum atomic E-state index is -0.0315. The van der Waals surface area contributed by atoms with E-state index in [1.807, 2.05) is 24.4 Å². The second-order valence-electron chi connectivity index (χ2n) is 5.28. The molecule has 0 saturated carbocycles. The van der Waals surface area contributed by atoms with E-state index >= 15 is 0 Å². The van der Waals surface area contributed by atoms with Crippen LogP contribution in [0.4, 0.5) is 0 Å². The van der Waals surface area contributed by atoms with Gasteiger partial charge < -0.3 is 0 Å². The van der Waals surface area contributed by atoms with E-state index in [2.05, 4.69) is 35.7 Å². The van der Waals surface area contributed by atoms with Crippen LogP contribution in [-0.4, -0.2) is 15.0 Å². The average molecular weight is 262 g/mol. The summed E-state index contributed by atoms with van der Waals surface area (Å²) in [5.41, 5.74) is 2.01. The minimum Gasteiger partial charge on any atom is -0.264 e. The molecule has 0 amide bonds. The Balaban J connectivity index is 2.32. The molecule has 18 heavy (non-hydrogen) atoms. The van der Waals surface area contributed by atoms with Crippen molar-refractivity contribution < 1.29 is 0 Å². The van der Waals surface area contributed by atoms with Gasteiger partial charge in [-0.05, 0) is 17.7 Å². The Kier molecular flexibility index (Phi) is 3.62. The Morgan fingerprint density at radius 1 is 1.22 bits per heavy atom. The van der Waals surface area contributed by atoms with Gasteiger partial charge in [-0.2, -0.15) is 0 Å². The molecular weight excluding hydrogens is 246 g/mol. The van der Waals surface area contributed by atoms with Gasteiger partial charge in [0.25, 0.3) is 0 Å². The third-order valence-corrected chi connectivity index (χ3v) is 2.79. The lowest BCUT2D eigenvalue weighted by Crippen LogP contribution is -2.15. The molecule has 2 aromatic heterocycles. The molecule has 3 nitrogen and oxygen atoms in total. The number of nitrogens with zero attached hydrogens (tertiary/aromatic N) is 3. The first-order chi connectivity index (χ1) is 8.45. The van der Waals surface area contributed by atoms with Gasteiger partial charge in [-0.3, -0.25) is 4.98 Å². The van der Waals surface area contributed by atoms with E-state index in [-0.39, 0.29) is 5.41 Å². The summed E-state index contributed by atoms with van der Waals surface area (Å²) in [5, 5.41) is 0.494. The Morgan fingerprint density at radius 3 is 2.61 bits per heavy atom. The molecule has 0 aliphatic heterocycles. The lowest BCUT2D eigenvalue weighted by Gasteiger charge is -2.18. The number of aromatic nitrogens is 3. The normalized spacial score (nSPS) is 11.6. The molecule has 2 aromatic rings. The molecule has 0 fully saturated rings. The molecular formula is C14H16ClN3. The van der Waals surface area contributed by atoms with E-state index in [1.165, 1.54) is 0 Å². The monoisotopic (exact) mass is 261 g/mol. The Morgan fingerprint density at radius 2 is 2.00 bits per heavy atom. The van der Waals surface area contributed by atoms with Crippen LogP contribution in [-0.2, 0) is 11.8 Å². The summed E-state index contributed by atoms with van der Waals surface area (Å²) in [5.74, 6) is 0.737. The third kappa shape index (κ3) is 3.26. The number of hydrogen-bond acceptors (Lipinski definition) is 3. The Labute approximate surface area is 112 Å². The van der Waals surface area contributed by atoms with Gasteiger partial charge in [0.1, 0.15) is 11.0 Å². The van der Waals surface area contributed by atoms with Gasteiger partial charge in [0.15, 0.2) is 0 Å². The second kappa shape index (κ2) is 5.02. The van der Waals surface area contributed by atoms with Crippen molar-refractivity contribution in [3.63, 3.8) is 0 Å². The van der Waals surface area contributed by atoms with Gasteiger partial charge in [-0.25, -0.2) is 9.97 Å². The van der Waals surface area contributed by atoms with Gasteiger partial charge in [0, 0.05) is 24.2 Å². The highest BCUT2D eigenvalue weighted by Crippen LogP contribution is 2.22. The average Bonchev–Trinajstić information content (AvgIpc) is 2.28. The Bertz CT molecular complexity index is 532. The lowest BCUT2D eigenvalue weighted by molar-refractivity contribution is 0.563. The van der Waals surface area contributed by atoms with E-state index in [0.29, 0.717) is 11.6 Å². The number of rotatable bonds is 2. The highest BCUT2D eigenvalue weighted by Gasteiger charge is 2.17. The molecule has 2 rings (SSSR count). The zero-order valence-electron chi connectivity index (χ0n) is 10.8. The summed E-state index contributed by atoms with van der Waals surface area (Å²) in [6, 6.07) is 5.74. The zero-order chi connectivity index (χ0) is 13.2. The summed E-state index contributed by atoms with van der Waals surface area (Å²) in [6.45, 7) is 6.33. The van der Waals surface area contributed by atoms with Gasteiger partial charge in [0.05, 0.1) is 5.69 Å². The topological polar surface area (TPSA) is 38.7 Å². The highest BCUT2D eigenvalue weighted by molar-refractivity contribution is 6.29. The maximum absolute atomic E-state index is 6.06. The minimum absolute atomic E-state index is 0.0315. The molecule has 0 radical (unpaired) electrons. The first-order valence-corrected chi connectivity index (χ1v) is 6.26. The van der Waals surface area contributed by atoms with Gasteiger partial charge in [-0.1, -0.05) is 38.4 Å². The SMILES string of the molecule is CC(C)(C)c1cc(Cl)nc(Cc2cccnc2)n1. The van der Waals surface area contributed by atoms with Crippen LogP contribution in [0.1, 0.15) is 37.9 Å². The smallest absolute Gasteiger partial charge is 0.134 e. The highest BCUT2D eigenvalue weighted by atomic mass is 35.5. The van der Waals surface area contributed by atoms with Crippen molar-refractivity contribution in [3.05, 3.63) is 52.8 Å². The fourth-order valence-corrected chi connectivity index (χ4v) is 1.81. The van der Waals surface area contributed by atoms with Crippen LogP contribution in [0.25, 0.3) is 0 Å². The largest absolute Gasteiger partial charge is 0.264 e. The van der Waals surface area contributed by atoms with Crippen LogP contribution in [0.5, 0.6) is 0 Å². The molecule has 0 aliphatic carbocycles.